The number of nitrogens with one attached hydrogen (secondary N) is 1. The minimum Gasteiger partial charge on any atom is -0.354 e. The maximum atomic E-state index is 11.4. The topological polar surface area (TPSA) is 56.1 Å². The lowest BCUT2D eigenvalue weighted by molar-refractivity contribution is -0.121. The van der Waals surface area contributed by atoms with Gasteiger partial charge in [0, 0.05) is 19.0 Å². The summed E-state index contributed by atoms with van der Waals surface area (Å²) in [5.74, 6) is 0.0774. The first-order chi connectivity index (χ1) is 7.13. The Balaban J connectivity index is 2.25. The minimum atomic E-state index is 0.0249. The lowest BCUT2D eigenvalue weighted by atomic mass is 10.2. The van der Waals surface area contributed by atoms with Gasteiger partial charge in [-0.15, -0.1) is 0 Å². The SMILES string of the molecule is CC(C)NC(=O)CCN1CCCC1C#N. The Kier molecular flexibility index (Phi) is 4.57. The zero-order valence-corrected chi connectivity index (χ0v) is 9.49. The number of hydrogen-bond acceptors (Lipinski definition) is 3. The highest BCUT2D eigenvalue weighted by molar-refractivity contribution is 5.76. The molecule has 84 valence electrons. The predicted octanol–water partition coefficient (Wildman–Crippen LogP) is 0.889. The molecule has 0 aromatic heterocycles. The molecule has 1 atom stereocenters. The first-order valence-corrected chi connectivity index (χ1v) is 5.56. The monoisotopic (exact) mass is 209 g/mol. The van der Waals surface area contributed by atoms with E-state index >= 15 is 0 Å². The lowest BCUT2D eigenvalue weighted by Gasteiger charge is -2.18. The summed E-state index contributed by atoms with van der Waals surface area (Å²) >= 11 is 0. The molecule has 1 aliphatic heterocycles. The van der Waals surface area contributed by atoms with Crippen LogP contribution in [0.3, 0.4) is 0 Å². The van der Waals surface area contributed by atoms with E-state index in [1.165, 1.54) is 0 Å². The van der Waals surface area contributed by atoms with Gasteiger partial charge in [-0.25, -0.2) is 0 Å². The molecule has 0 radical (unpaired) electrons. The number of rotatable bonds is 4. The zero-order chi connectivity index (χ0) is 11.3. The van der Waals surface area contributed by atoms with Crippen LogP contribution in [-0.4, -0.2) is 36.0 Å². The van der Waals surface area contributed by atoms with Crippen molar-refractivity contribution in [1.29, 1.82) is 5.26 Å². The van der Waals surface area contributed by atoms with Crippen LogP contribution in [-0.2, 0) is 4.79 Å². The first-order valence-electron chi connectivity index (χ1n) is 5.56. The van der Waals surface area contributed by atoms with Crippen LogP contribution in [0, 0.1) is 11.3 Å². The molecule has 4 nitrogen and oxygen atoms in total. The van der Waals surface area contributed by atoms with E-state index in [9.17, 15) is 4.79 Å². The third kappa shape index (κ3) is 3.88. The summed E-state index contributed by atoms with van der Waals surface area (Å²) in [6.45, 7) is 5.56. The molecule has 0 aromatic rings. The molecule has 4 heteroatoms. The van der Waals surface area contributed by atoms with E-state index in [0.717, 1.165) is 19.4 Å². The number of nitriles is 1. The highest BCUT2D eigenvalue weighted by atomic mass is 16.1. The number of amides is 1. The number of carbonyl (C=O) groups is 1. The van der Waals surface area contributed by atoms with Crippen molar-refractivity contribution in [1.82, 2.24) is 10.2 Å². The molecule has 0 bridgehead atoms. The Bertz CT molecular complexity index is 257. The molecule has 1 aliphatic rings. The van der Waals surface area contributed by atoms with Gasteiger partial charge in [-0.2, -0.15) is 5.26 Å². The molecule has 1 amide bonds. The fourth-order valence-corrected chi connectivity index (χ4v) is 1.88. The number of hydrogen-bond donors (Lipinski definition) is 1. The molecular weight excluding hydrogens is 190 g/mol. The van der Waals surface area contributed by atoms with E-state index < -0.39 is 0 Å². The molecule has 0 saturated carbocycles. The number of likely N-dealkylation sites (tertiary alicyclic amines) is 1. The summed E-state index contributed by atoms with van der Waals surface area (Å²) in [6, 6.07) is 2.49. The Morgan fingerprint density at radius 1 is 1.67 bits per heavy atom. The van der Waals surface area contributed by atoms with Crippen LogP contribution in [0.2, 0.25) is 0 Å². The molecule has 0 aliphatic carbocycles. The van der Waals surface area contributed by atoms with Crippen LogP contribution in [0.4, 0.5) is 0 Å². The third-order valence-corrected chi connectivity index (χ3v) is 2.59. The van der Waals surface area contributed by atoms with Crippen LogP contribution >= 0.6 is 0 Å². The molecule has 0 aromatic carbocycles. The van der Waals surface area contributed by atoms with Gasteiger partial charge in [0.05, 0.1) is 12.1 Å². The maximum Gasteiger partial charge on any atom is 0.221 e. The lowest BCUT2D eigenvalue weighted by Crippen LogP contribution is -2.35. The molecule has 1 unspecified atom stereocenters. The summed E-state index contributed by atoms with van der Waals surface area (Å²) in [6.07, 6.45) is 2.52. The highest BCUT2D eigenvalue weighted by Crippen LogP contribution is 2.16. The smallest absolute Gasteiger partial charge is 0.221 e. The highest BCUT2D eigenvalue weighted by Gasteiger charge is 2.24. The molecule has 1 N–H and O–H groups in total. The van der Waals surface area contributed by atoms with Gasteiger partial charge < -0.3 is 5.32 Å². The minimum absolute atomic E-state index is 0.0249. The largest absolute Gasteiger partial charge is 0.354 e. The van der Waals surface area contributed by atoms with Crippen molar-refractivity contribution in [3.8, 4) is 6.07 Å². The van der Waals surface area contributed by atoms with E-state index in [4.69, 9.17) is 5.26 Å². The first kappa shape index (κ1) is 12.0. The summed E-state index contributed by atoms with van der Waals surface area (Å²) in [4.78, 5) is 13.5. The van der Waals surface area contributed by atoms with Gasteiger partial charge in [-0.1, -0.05) is 0 Å². The second-order valence-electron chi connectivity index (χ2n) is 4.30. The summed E-state index contributed by atoms with van der Waals surface area (Å²) in [5, 5.41) is 11.7. The van der Waals surface area contributed by atoms with Crippen molar-refractivity contribution >= 4 is 5.91 Å². The molecule has 0 spiro atoms. The molecule has 1 saturated heterocycles. The Hall–Kier alpha value is -1.08. The van der Waals surface area contributed by atoms with Gasteiger partial charge >= 0.3 is 0 Å². The molecular formula is C11H19N3O. The zero-order valence-electron chi connectivity index (χ0n) is 9.49. The van der Waals surface area contributed by atoms with E-state index in [1.807, 2.05) is 13.8 Å². The van der Waals surface area contributed by atoms with E-state index in [2.05, 4.69) is 16.3 Å². The van der Waals surface area contributed by atoms with Crippen LogP contribution < -0.4 is 5.32 Å². The van der Waals surface area contributed by atoms with Gasteiger partial charge in [-0.3, -0.25) is 9.69 Å². The Labute approximate surface area is 91.2 Å². The van der Waals surface area contributed by atoms with Crippen LogP contribution in [0.1, 0.15) is 33.1 Å². The van der Waals surface area contributed by atoms with Gasteiger partial charge in [0.1, 0.15) is 0 Å². The average Bonchev–Trinajstić information content (AvgIpc) is 2.60. The maximum absolute atomic E-state index is 11.4. The molecule has 1 fully saturated rings. The van der Waals surface area contributed by atoms with Crippen molar-refractivity contribution in [2.45, 2.75) is 45.2 Å². The van der Waals surface area contributed by atoms with Crippen molar-refractivity contribution in [3.63, 3.8) is 0 Å². The van der Waals surface area contributed by atoms with Gasteiger partial charge in [-0.05, 0) is 33.2 Å². The molecule has 1 rings (SSSR count). The van der Waals surface area contributed by atoms with Gasteiger partial charge in [0.2, 0.25) is 5.91 Å². The fourth-order valence-electron chi connectivity index (χ4n) is 1.88. The van der Waals surface area contributed by atoms with Crippen LogP contribution in [0.5, 0.6) is 0 Å². The van der Waals surface area contributed by atoms with E-state index in [1.54, 1.807) is 0 Å². The standard InChI is InChI=1S/C11H19N3O/c1-9(2)13-11(15)5-7-14-6-3-4-10(14)8-12/h9-10H,3-7H2,1-2H3,(H,13,15). The van der Waals surface area contributed by atoms with Crippen molar-refractivity contribution in [2.75, 3.05) is 13.1 Å². The van der Waals surface area contributed by atoms with Gasteiger partial charge in [0.25, 0.3) is 0 Å². The molecule has 1 heterocycles. The van der Waals surface area contributed by atoms with E-state index in [0.29, 0.717) is 13.0 Å². The fraction of sp³-hybridized carbons (Fsp3) is 0.818. The second kappa shape index (κ2) is 5.72. The summed E-state index contributed by atoms with van der Waals surface area (Å²) in [7, 11) is 0. The van der Waals surface area contributed by atoms with Crippen molar-refractivity contribution in [2.24, 2.45) is 0 Å². The summed E-state index contributed by atoms with van der Waals surface area (Å²) < 4.78 is 0. The number of nitrogens with zero attached hydrogens (tertiary/aromatic N) is 2. The summed E-state index contributed by atoms with van der Waals surface area (Å²) in [5.41, 5.74) is 0. The third-order valence-electron chi connectivity index (χ3n) is 2.59. The predicted molar refractivity (Wildman–Crippen MR) is 58.1 cm³/mol. The van der Waals surface area contributed by atoms with E-state index in [-0.39, 0.29) is 18.0 Å². The van der Waals surface area contributed by atoms with Crippen LogP contribution in [0.15, 0.2) is 0 Å². The van der Waals surface area contributed by atoms with Crippen LogP contribution in [0.25, 0.3) is 0 Å². The number of carbonyl (C=O) groups excluding carboxylic acids is 1. The Morgan fingerprint density at radius 3 is 3.00 bits per heavy atom. The van der Waals surface area contributed by atoms with Crippen molar-refractivity contribution in [3.05, 3.63) is 0 Å². The average molecular weight is 209 g/mol. The van der Waals surface area contributed by atoms with Crippen molar-refractivity contribution < 1.29 is 4.79 Å². The van der Waals surface area contributed by atoms with Gasteiger partial charge in [0.15, 0.2) is 0 Å². The second-order valence-corrected chi connectivity index (χ2v) is 4.30. The normalized spacial score (nSPS) is 21.6. The Morgan fingerprint density at radius 2 is 2.40 bits per heavy atom. The molecule has 15 heavy (non-hydrogen) atoms. The quantitative estimate of drug-likeness (QED) is 0.748.